The molecular weight excluding hydrogens is 765 g/mol. The van der Waals surface area contributed by atoms with Crippen LogP contribution >= 0.6 is 0 Å². The lowest BCUT2D eigenvalue weighted by molar-refractivity contribution is 0.0320. The van der Waals surface area contributed by atoms with Gasteiger partial charge in [-0.15, -0.1) is 0 Å². The molecule has 4 N–H and O–H groups in total. The van der Waals surface area contributed by atoms with Crippen LogP contribution in [0.2, 0.25) is 0 Å². The number of nitrogens with zero attached hydrogens (tertiary/aromatic N) is 2. The van der Waals surface area contributed by atoms with Gasteiger partial charge in [0, 0.05) is 11.1 Å². The fraction of sp³-hybridized carbons (Fsp3) is 0.821. The zero-order valence-electron chi connectivity index (χ0n) is 41.2. The molecule has 0 bridgehead atoms. The van der Waals surface area contributed by atoms with Gasteiger partial charge in [-0.1, -0.05) is 237 Å². The Morgan fingerprint density at radius 1 is 0.387 bits per heavy atom. The molecule has 4 atom stereocenters. The molecule has 0 aromatic heterocycles. The fourth-order valence-corrected chi connectivity index (χ4v) is 8.63. The first-order chi connectivity index (χ1) is 30.4. The normalized spacial score (nSPS) is 13.5. The maximum absolute atomic E-state index is 11.1. The molecule has 0 heterocycles. The molecule has 358 valence electrons. The summed E-state index contributed by atoms with van der Waals surface area (Å²) >= 11 is 0. The smallest absolute Gasteiger partial charge is 0.104 e. The molecule has 0 fully saturated rings. The Hall–Kier alpha value is -1.90. The van der Waals surface area contributed by atoms with E-state index in [9.17, 15) is 20.4 Å². The highest BCUT2D eigenvalue weighted by Crippen LogP contribution is 2.17. The maximum Gasteiger partial charge on any atom is 0.104 e. The highest BCUT2D eigenvalue weighted by Gasteiger charge is 2.25. The first-order valence-corrected chi connectivity index (χ1v) is 26.6. The molecule has 62 heavy (non-hydrogen) atoms. The molecule has 1 rings (SSSR count). The maximum atomic E-state index is 11.1. The van der Waals surface area contributed by atoms with E-state index >= 15 is 0 Å². The van der Waals surface area contributed by atoms with Gasteiger partial charge in [-0.2, -0.15) is 0 Å². The van der Waals surface area contributed by atoms with E-state index in [1.807, 2.05) is 24.3 Å². The summed E-state index contributed by atoms with van der Waals surface area (Å²) in [7, 11) is 0. The average molecular weight is 865 g/mol. The Labute approximate surface area is 384 Å². The minimum atomic E-state index is -0.942. The largest absolute Gasteiger partial charge is 0.394 e. The van der Waals surface area contributed by atoms with Crippen molar-refractivity contribution in [2.45, 2.75) is 257 Å². The minimum absolute atomic E-state index is 0.320. The second kappa shape index (κ2) is 43.0. The number of rotatable bonds is 42. The van der Waals surface area contributed by atoms with E-state index in [-0.39, 0.29) is 13.2 Å². The summed E-state index contributed by atoms with van der Waals surface area (Å²) in [5.74, 6) is 13.5. The summed E-state index contributed by atoms with van der Waals surface area (Å²) in [6.45, 7) is 11.9. The van der Waals surface area contributed by atoms with E-state index < -0.39 is 24.3 Å². The molecule has 0 spiro atoms. The van der Waals surface area contributed by atoms with Crippen LogP contribution in [0.25, 0.3) is 0 Å². The first-order valence-electron chi connectivity index (χ1n) is 26.6. The standard InChI is InChI=1S/C56H100N2O4/c1-5-9-13-17-21-25-29-33-44-57(45-34-30-26-22-18-14-10-6-2)53(55(61)49-59)42-40-51-38-37-39-52(48-51)41-43-54(56(62)50-60)58(46-35-31-27-23-19-15-11-7-3)47-36-32-28-24-20-16-12-8-4/h37-39,48,53-56,59-62H,5-36,44-47,49-50H2,1-4H3/t53-,54-,55-,56-/m1/s1. The molecule has 1 aromatic carbocycles. The molecule has 0 unspecified atom stereocenters. The zero-order valence-corrected chi connectivity index (χ0v) is 41.2. The summed E-state index contributed by atoms with van der Waals surface area (Å²) in [5, 5.41) is 42.7. The second-order valence-electron chi connectivity index (χ2n) is 18.5. The molecule has 0 saturated carbocycles. The van der Waals surface area contributed by atoms with Crippen molar-refractivity contribution in [1.82, 2.24) is 9.80 Å². The molecule has 0 aliphatic carbocycles. The van der Waals surface area contributed by atoms with Gasteiger partial charge in [0.1, 0.15) is 24.3 Å². The Morgan fingerprint density at radius 2 is 0.629 bits per heavy atom. The Morgan fingerprint density at radius 3 is 0.871 bits per heavy atom. The van der Waals surface area contributed by atoms with Crippen molar-refractivity contribution in [2.75, 3.05) is 39.4 Å². The topological polar surface area (TPSA) is 87.4 Å². The Balaban J connectivity index is 3.18. The number of hydrogen-bond acceptors (Lipinski definition) is 6. The quantitative estimate of drug-likeness (QED) is 0.0387. The molecule has 0 radical (unpaired) electrons. The van der Waals surface area contributed by atoms with Crippen LogP contribution in [-0.4, -0.2) is 93.9 Å². The lowest BCUT2D eigenvalue weighted by Crippen LogP contribution is -2.45. The van der Waals surface area contributed by atoms with Crippen LogP contribution in [0, 0.1) is 23.7 Å². The van der Waals surface area contributed by atoms with Crippen molar-refractivity contribution in [3.05, 3.63) is 35.4 Å². The van der Waals surface area contributed by atoms with Gasteiger partial charge in [-0.05, 0) is 70.1 Å². The van der Waals surface area contributed by atoms with E-state index in [4.69, 9.17) is 0 Å². The highest BCUT2D eigenvalue weighted by molar-refractivity contribution is 5.44. The van der Waals surface area contributed by atoms with Gasteiger partial charge in [-0.25, -0.2) is 0 Å². The highest BCUT2D eigenvalue weighted by atomic mass is 16.3. The lowest BCUT2D eigenvalue weighted by Gasteiger charge is -2.31. The van der Waals surface area contributed by atoms with E-state index in [1.54, 1.807) is 0 Å². The van der Waals surface area contributed by atoms with Gasteiger partial charge >= 0.3 is 0 Å². The van der Waals surface area contributed by atoms with Crippen LogP contribution in [0.4, 0.5) is 0 Å². The van der Waals surface area contributed by atoms with E-state index in [0.29, 0.717) is 0 Å². The average Bonchev–Trinajstić information content (AvgIpc) is 3.29. The van der Waals surface area contributed by atoms with Gasteiger partial charge in [0.05, 0.1) is 13.2 Å². The van der Waals surface area contributed by atoms with Gasteiger partial charge in [-0.3, -0.25) is 9.80 Å². The summed E-state index contributed by atoms with van der Waals surface area (Å²) in [6, 6.07) is 7.04. The van der Waals surface area contributed by atoms with Crippen LogP contribution in [0.1, 0.15) is 244 Å². The Kier molecular flexibility index (Phi) is 40.3. The van der Waals surface area contributed by atoms with Crippen LogP contribution in [0.5, 0.6) is 0 Å². The van der Waals surface area contributed by atoms with Crippen molar-refractivity contribution in [1.29, 1.82) is 0 Å². The third kappa shape index (κ3) is 31.1. The van der Waals surface area contributed by atoms with Gasteiger partial charge < -0.3 is 20.4 Å². The molecular formula is C56H100N2O4. The number of hydrogen-bond donors (Lipinski definition) is 4. The zero-order chi connectivity index (χ0) is 45.1. The van der Waals surface area contributed by atoms with Crippen LogP contribution in [0.15, 0.2) is 24.3 Å². The van der Waals surface area contributed by atoms with Crippen molar-refractivity contribution in [2.24, 2.45) is 0 Å². The molecule has 0 aliphatic rings. The van der Waals surface area contributed by atoms with Crippen molar-refractivity contribution < 1.29 is 20.4 Å². The van der Waals surface area contributed by atoms with E-state index in [1.165, 1.54) is 180 Å². The predicted molar refractivity (Wildman–Crippen MR) is 268 cm³/mol. The van der Waals surface area contributed by atoms with E-state index in [2.05, 4.69) is 61.2 Å². The Bertz CT molecular complexity index is 1120. The number of aliphatic hydroxyl groups is 4. The van der Waals surface area contributed by atoms with Crippen LogP contribution in [-0.2, 0) is 0 Å². The monoisotopic (exact) mass is 865 g/mol. The fourth-order valence-electron chi connectivity index (χ4n) is 8.63. The third-order valence-electron chi connectivity index (χ3n) is 12.7. The number of benzene rings is 1. The summed E-state index contributed by atoms with van der Waals surface area (Å²) in [4.78, 5) is 4.67. The van der Waals surface area contributed by atoms with Gasteiger partial charge in [0.25, 0.3) is 0 Å². The summed E-state index contributed by atoms with van der Waals surface area (Å²) in [6.07, 6.45) is 38.2. The SMILES string of the molecule is CCCCCCCCCCN(CCCCCCCCCC)[C@H](C#Cc1cccc(C#C[C@H]([C@H](O)CO)N(CCCCCCCCCC)CCCCCCCCCC)c1)[C@H](O)CO. The first kappa shape index (κ1) is 58.1. The minimum Gasteiger partial charge on any atom is -0.394 e. The predicted octanol–water partition coefficient (Wildman–Crippen LogP) is 13.0. The number of aliphatic hydroxyl groups excluding tert-OH is 4. The van der Waals surface area contributed by atoms with Crippen molar-refractivity contribution in [3.63, 3.8) is 0 Å². The summed E-state index contributed by atoms with van der Waals surface area (Å²) in [5.41, 5.74) is 1.64. The third-order valence-corrected chi connectivity index (χ3v) is 12.7. The van der Waals surface area contributed by atoms with Crippen LogP contribution < -0.4 is 0 Å². The summed E-state index contributed by atoms with van der Waals surface area (Å²) < 4.78 is 0. The lowest BCUT2D eigenvalue weighted by atomic mass is 10.0. The molecule has 6 heteroatoms. The molecule has 0 amide bonds. The number of unbranched alkanes of at least 4 members (excludes halogenated alkanes) is 28. The molecule has 1 aromatic rings. The van der Waals surface area contributed by atoms with Crippen LogP contribution in [0.3, 0.4) is 0 Å². The van der Waals surface area contributed by atoms with Gasteiger partial charge in [0.15, 0.2) is 0 Å². The van der Waals surface area contributed by atoms with Crippen molar-refractivity contribution >= 4 is 0 Å². The van der Waals surface area contributed by atoms with Crippen molar-refractivity contribution in [3.8, 4) is 23.7 Å². The van der Waals surface area contributed by atoms with Gasteiger partial charge in [0.2, 0.25) is 0 Å². The molecule has 6 nitrogen and oxygen atoms in total. The molecule has 0 aliphatic heterocycles. The second-order valence-corrected chi connectivity index (χ2v) is 18.5. The van der Waals surface area contributed by atoms with E-state index in [0.717, 1.165) is 63.0 Å². The molecule has 0 saturated heterocycles.